The summed E-state index contributed by atoms with van der Waals surface area (Å²) in [4.78, 5) is 12.1. The summed E-state index contributed by atoms with van der Waals surface area (Å²) in [6.07, 6.45) is 7.74. The summed E-state index contributed by atoms with van der Waals surface area (Å²) in [5.41, 5.74) is 2.33. The summed E-state index contributed by atoms with van der Waals surface area (Å²) in [6, 6.07) is 10.5. The maximum atomic E-state index is 4.32. The van der Waals surface area contributed by atoms with Gasteiger partial charge in [-0.3, -0.25) is 4.40 Å². The van der Waals surface area contributed by atoms with E-state index in [0.717, 1.165) is 18.0 Å². The van der Waals surface area contributed by atoms with Crippen molar-refractivity contribution in [2.45, 2.75) is 11.4 Å². The van der Waals surface area contributed by atoms with Crippen LogP contribution in [0.25, 0.3) is 5.78 Å². The zero-order valence-electron chi connectivity index (χ0n) is 11.5. The second-order valence-corrected chi connectivity index (χ2v) is 5.48. The molecular weight excluding hydrogens is 268 g/mol. The first-order valence-electron chi connectivity index (χ1n) is 6.40. The molecule has 5 heteroatoms. The van der Waals surface area contributed by atoms with Gasteiger partial charge < -0.3 is 4.90 Å². The van der Waals surface area contributed by atoms with Crippen LogP contribution in [0.15, 0.2) is 53.8 Å². The van der Waals surface area contributed by atoms with Crippen LogP contribution in [0.2, 0.25) is 0 Å². The van der Waals surface area contributed by atoms with E-state index >= 15 is 0 Å². The number of hydrogen-bond donors (Lipinski definition) is 0. The number of rotatable bonds is 4. The van der Waals surface area contributed by atoms with Gasteiger partial charge in [-0.05, 0) is 30.5 Å². The number of fused-ring (bicyclic) bond motifs is 1. The fourth-order valence-electron chi connectivity index (χ4n) is 2.18. The van der Waals surface area contributed by atoms with E-state index in [1.54, 1.807) is 18.0 Å². The van der Waals surface area contributed by atoms with Gasteiger partial charge in [0.2, 0.25) is 5.78 Å². The van der Waals surface area contributed by atoms with E-state index < -0.39 is 0 Å². The molecule has 0 spiro atoms. The van der Waals surface area contributed by atoms with Crippen LogP contribution in [0.4, 0.5) is 5.69 Å². The average molecular weight is 284 g/mol. The molecule has 2 heterocycles. The van der Waals surface area contributed by atoms with E-state index in [1.165, 1.54) is 10.6 Å². The Kier molecular flexibility index (Phi) is 3.60. The van der Waals surface area contributed by atoms with Crippen molar-refractivity contribution in [1.29, 1.82) is 0 Å². The van der Waals surface area contributed by atoms with Crippen molar-refractivity contribution in [3.63, 3.8) is 0 Å². The van der Waals surface area contributed by atoms with Crippen LogP contribution < -0.4 is 4.90 Å². The van der Waals surface area contributed by atoms with Gasteiger partial charge >= 0.3 is 0 Å². The quantitative estimate of drug-likeness (QED) is 0.689. The number of thioether (sulfide) groups is 1. The first-order valence-corrected chi connectivity index (χ1v) is 7.62. The fraction of sp³-hybridized carbons (Fsp3) is 0.200. The van der Waals surface area contributed by atoms with E-state index in [0.29, 0.717) is 0 Å². The Hall–Kier alpha value is -2.01. The van der Waals surface area contributed by atoms with Crippen molar-refractivity contribution in [3.8, 4) is 0 Å². The molecule has 3 rings (SSSR count). The van der Waals surface area contributed by atoms with Crippen LogP contribution in [0.3, 0.4) is 0 Å². The van der Waals surface area contributed by atoms with Crippen LogP contribution in [0.1, 0.15) is 5.69 Å². The zero-order valence-corrected chi connectivity index (χ0v) is 12.3. The van der Waals surface area contributed by atoms with Crippen LogP contribution in [0, 0.1) is 0 Å². The third-order valence-corrected chi connectivity index (χ3v) is 3.98. The first-order chi connectivity index (χ1) is 9.78. The first kappa shape index (κ1) is 13.0. The predicted molar refractivity (Wildman–Crippen MR) is 83.3 cm³/mol. The van der Waals surface area contributed by atoms with E-state index in [-0.39, 0.29) is 0 Å². The van der Waals surface area contributed by atoms with Crippen molar-refractivity contribution >= 4 is 23.2 Å². The van der Waals surface area contributed by atoms with Crippen molar-refractivity contribution in [2.24, 2.45) is 0 Å². The zero-order chi connectivity index (χ0) is 13.9. The lowest BCUT2D eigenvalue weighted by Crippen LogP contribution is -2.17. The lowest BCUT2D eigenvalue weighted by molar-refractivity contribution is 0.865. The van der Waals surface area contributed by atoms with Crippen LogP contribution in [0.5, 0.6) is 0 Å². The lowest BCUT2D eigenvalue weighted by atomic mass is 10.3. The van der Waals surface area contributed by atoms with Gasteiger partial charge in [-0.2, -0.15) is 0 Å². The largest absolute Gasteiger partial charge is 0.369 e. The van der Waals surface area contributed by atoms with E-state index in [1.807, 2.05) is 22.9 Å². The Morgan fingerprint density at radius 2 is 2.15 bits per heavy atom. The molecule has 0 bridgehead atoms. The molecule has 0 unspecified atom stereocenters. The van der Waals surface area contributed by atoms with Gasteiger partial charge in [0.25, 0.3) is 0 Å². The van der Waals surface area contributed by atoms with Crippen LogP contribution >= 0.6 is 11.8 Å². The monoisotopic (exact) mass is 284 g/mol. The molecule has 0 amide bonds. The highest BCUT2D eigenvalue weighted by Crippen LogP contribution is 2.22. The summed E-state index contributed by atoms with van der Waals surface area (Å²) in [5, 5.41) is 0. The number of nitrogens with zero attached hydrogens (tertiary/aromatic N) is 4. The van der Waals surface area contributed by atoms with Crippen LogP contribution in [-0.4, -0.2) is 27.7 Å². The van der Waals surface area contributed by atoms with Gasteiger partial charge in [-0.1, -0.05) is 6.07 Å². The Balaban J connectivity index is 1.86. The fourth-order valence-corrected chi connectivity index (χ4v) is 2.63. The standard InChI is InChI=1S/C15H16N4S/c1-18(12-5-3-6-14(9-12)20-2)11-13-10-17-15-16-7-4-8-19(13)15/h3-10H,11H2,1-2H3. The Bertz CT molecular complexity index is 722. The van der Waals surface area contributed by atoms with Crippen LogP contribution in [-0.2, 0) is 6.54 Å². The highest BCUT2D eigenvalue weighted by atomic mass is 32.2. The Morgan fingerprint density at radius 3 is 3.00 bits per heavy atom. The molecular formula is C15H16N4S. The highest BCUT2D eigenvalue weighted by molar-refractivity contribution is 7.98. The summed E-state index contributed by atoms with van der Waals surface area (Å²) in [7, 11) is 2.09. The van der Waals surface area contributed by atoms with Gasteiger partial charge in [0.05, 0.1) is 18.4 Å². The number of hydrogen-bond acceptors (Lipinski definition) is 4. The minimum Gasteiger partial charge on any atom is -0.369 e. The molecule has 0 saturated heterocycles. The molecule has 0 aliphatic rings. The SMILES string of the molecule is CSc1cccc(N(C)Cc2cnc3ncccn23)c1. The number of anilines is 1. The molecule has 2 aromatic heterocycles. The number of imidazole rings is 1. The maximum absolute atomic E-state index is 4.32. The smallest absolute Gasteiger partial charge is 0.233 e. The van der Waals surface area contributed by atoms with E-state index in [9.17, 15) is 0 Å². The lowest BCUT2D eigenvalue weighted by Gasteiger charge is -2.19. The number of aromatic nitrogens is 3. The predicted octanol–water partition coefficient (Wildman–Crippen LogP) is 3.09. The Labute approximate surface area is 122 Å². The van der Waals surface area contributed by atoms with Gasteiger partial charge in [0, 0.05) is 30.0 Å². The molecule has 0 atom stereocenters. The second kappa shape index (κ2) is 5.54. The second-order valence-electron chi connectivity index (χ2n) is 4.60. The summed E-state index contributed by atoms with van der Waals surface area (Å²) in [6.45, 7) is 0.796. The topological polar surface area (TPSA) is 33.4 Å². The van der Waals surface area contributed by atoms with E-state index in [4.69, 9.17) is 0 Å². The molecule has 4 nitrogen and oxygen atoms in total. The van der Waals surface area contributed by atoms with Gasteiger partial charge in [0.1, 0.15) is 0 Å². The molecule has 1 aromatic carbocycles. The molecule has 102 valence electrons. The third kappa shape index (κ3) is 2.49. The molecule has 0 aliphatic heterocycles. The molecule has 0 aliphatic carbocycles. The van der Waals surface area contributed by atoms with Gasteiger partial charge in [0.15, 0.2) is 0 Å². The third-order valence-electron chi connectivity index (χ3n) is 3.26. The van der Waals surface area contributed by atoms with Crippen molar-refractivity contribution in [3.05, 3.63) is 54.6 Å². The molecule has 0 fully saturated rings. The Morgan fingerprint density at radius 1 is 1.25 bits per heavy atom. The highest BCUT2D eigenvalue weighted by Gasteiger charge is 2.07. The minimum atomic E-state index is 0.744. The summed E-state index contributed by atoms with van der Waals surface area (Å²) in [5.74, 6) is 0.744. The minimum absolute atomic E-state index is 0.744. The van der Waals surface area contributed by atoms with Gasteiger partial charge in [-0.15, -0.1) is 11.8 Å². The molecule has 0 saturated carbocycles. The summed E-state index contributed by atoms with van der Waals surface area (Å²) >= 11 is 1.76. The number of benzene rings is 1. The molecule has 20 heavy (non-hydrogen) atoms. The molecule has 0 radical (unpaired) electrons. The van der Waals surface area contributed by atoms with Crippen molar-refractivity contribution in [1.82, 2.24) is 14.4 Å². The van der Waals surface area contributed by atoms with Crippen molar-refractivity contribution < 1.29 is 0 Å². The maximum Gasteiger partial charge on any atom is 0.233 e. The van der Waals surface area contributed by atoms with Crippen molar-refractivity contribution in [2.75, 3.05) is 18.2 Å². The average Bonchev–Trinajstić information content (AvgIpc) is 2.90. The summed E-state index contributed by atoms with van der Waals surface area (Å²) < 4.78 is 2.02. The van der Waals surface area contributed by atoms with E-state index in [2.05, 4.69) is 52.4 Å². The molecule has 3 aromatic rings. The molecule has 0 N–H and O–H groups in total. The normalized spacial score (nSPS) is 10.9. The van der Waals surface area contributed by atoms with Gasteiger partial charge in [-0.25, -0.2) is 9.97 Å².